The first kappa shape index (κ1) is 23.5. The van der Waals surface area contributed by atoms with Crippen molar-refractivity contribution >= 4 is 29.1 Å². The third kappa shape index (κ3) is 5.10. The highest BCUT2D eigenvalue weighted by Gasteiger charge is 2.38. The lowest BCUT2D eigenvalue weighted by molar-refractivity contribution is -0.137. The van der Waals surface area contributed by atoms with Gasteiger partial charge in [-0.05, 0) is 80.1 Å². The Kier molecular flexibility index (Phi) is 6.60. The Balaban J connectivity index is 1.14. The number of aromatic nitrogens is 2. The maximum Gasteiger partial charge on any atom is 0.228 e. The predicted octanol–water partition coefficient (Wildman–Crippen LogP) is 4.84. The normalized spacial score (nSPS) is 18.9. The van der Waals surface area contributed by atoms with Crippen LogP contribution in [0.25, 0.3) is 11.4 Å². The van der Waals surface area contributed by atoms with Crippen molar-refractivity contribution in [3.8, 4) is 11.4 Å². The Morgan fingerprint density at radius 1 is 1.09 bits per heavy atom. The van der Waals surface area contributed by atoms with E-state index in [0.717, 1.165) is 29.7 Å². The topological polar surface area (TPSA) is 79.5 Å². The third-order valence-electron chi connectivity index (χ3n) is 7.24. The van der Waals surface area contributed by atoms with Crippen molar-refractivity contribution in [3.63, 3.8) is 0 Å². The van der Waals surface area contributed by atoms with E-state index in [2.05, 4.69) is 17.1 Å². The summed E-state index contributed by atoms with van der Waals surface area (Å²) in [4.78, 5) is 34.1. The van der Waals surface area contributed by atoms with Crippen LogP contribution in [0.15, 0.2) is 47.0 Å². The van der Waals surface area contributed by atoms with Crippen LogP contribution in [0.5, 0.6) is 0 Å². The second kappa shape index (κ2) is 9.82. The summed E-state index contributed by atoms with van der Waals surface area (Å²) in [6.45, 7) is 5.93. The predicted molar refractivity (Wildman–Crippen MR) is 134 cm³/mol. The lowest BCUT2D eigenvalue weighted by Crippen LogP contribution is -2.42. The molecule has 1 aromatic heterocycles. The van der Waals surface area contributed by atoms with Crippen LogP contribution in [-0.4, -0.2) is 46.5 Å². The lowest BCUT2D eigenvalue weighted by Gasteiger charge is -2.33. The molecule has 8 heteroatoms. The van der Waals surface area contributed by atoms with Gasteiger partial charge in [0.05, 0.1) is 5.92 Å². The number of aryl methyl sites for hydroxylation is 2. The average molecular weight is 493 g/mol. The van der Waals surface area contributed by atoms with Gasteiger partial charge in [0.15, 0.2) is 0 Å². The molecule has 0 saturated carbocycles. The number of carbonyl (C=O) groups is 2. The van der Waals surface area contributed by atoms with E-state index in [1.54, 1.807) is 17.0 Å². The molecule has 3 aromatic rings. The molecule has 0 radical (unpaired) electrons. The Bertz CT molecular complexity index is 1230. The van der Waals surface area contributed by atoms with Gasteiger partial charge >= 0.3 is 0 Å². The number of amides is 2. The number of nitrogens with zero attached hydrogens (tertiary/aromatic N) is 4. The van der Waals surface area contributed by atoms with Crippen LogP contribution in [-0.2, 0) is 16.0 Å². The first-order valence-corrected chi connectivity index (χ1v) is 12.5. The fourth-order valence-electron chi connectivity index (χ4n) is 4.93. The zero-order valence-electron chi connectivity index (χ0n) is 20.0. The van der Waals surface area contributed by atoms with Crippen LogP contribution < -0.4 is 4.90 Å². The first-order chi connectivity index (χ1) is 16.9. The molecule has 182 valence electrons. The smallest absolute Gasteiger partial charge is 0.228 e. The van der Waals surface area contributed by atoms with Gasteiger partial charge in [-0.25, -0.2) is 0 Å². The van der Waals surface area contributed by atoms with Gasteiger partial charge in [0.2, 0.25) is 23.5 Å². The van der Waals surface area contributed by atoms with Crippen LogP contribution in [0, 0.1) is 25.7 Å². The SMILES string of the molecule is Cc1ccc(N2CC(C(=O)N3CCC(Cc4nc(-c5ccc(Cl)cc5)no4)CC3)CC2=O)cc1C. The van der Waals surface area contributed by atoms with E-state index in [-0.39, 0.29) is 24.2 Å². The van der Waals surface area contributed by atoms with Gasteiger partial charge in [-0.3, -0.25) is 9.59 Å². The van der Waals surface area contributed by atoms with Gasteiger partial charge in [0.25, 0.3) is 0 Å². The molecule has 35 heavy (non-hydrogen) atoms. The minimum atomic E-state index is -0.279. The van der Waals surface area contributed by atoms with E-state index in [9.17, 15) is 9.59 Å². The van der Waals surface area contributed by atoms with Crippen molar-refractivity contribution in [2.45, 2.75) is 39.5 Å². The Morgan fingerprint density at radius 2 is 1.83 bits per heavy atom. The quantitative estimate of drug-likeness (QED) is 0.509. The van der Waals surface area contributed by atoms with Crippen molar-refractivity contribution < 1.29 is 14.1 Å². The standard InChI is InChI=1S/C27H29ClN4O3/c1-17-3-8-23(13-18(17)2)32-16-21(15-25(32)33)27(34)31-11-9-19(10-12-31)14-24-29-26(30-35-24)20-4-6-22(28)7-5-20/h3-8,13,19,21H,9-12,14-16H2,1-2H3. The average Bonchev–Trinajstić information content (AvgIpc) is 3.48. The summed E-state index contributed by atoms with van der Waals surface area (Å²) in [5.74, 6) is 1.39. The molecule has 2 fully saturated rings. The Hall–Kier alpha value is -3.19. The maximum absolute atomic E-state index is 13.2. The molecule has 0 N–H and O–H groups in total. The van der Waals surface area contributed by atoms with Crippen molar-refractivity contribution in [1.29, 1.82) is 0 Å². The molecular weight excluding hydrogens is 464 g/mol. The van der Waals surface area contributed by atoms with Gasteiger partial charge in [0, 0.05) is 48.7 Å². The number of likely N-dealkylation sites (tertiary alicyclic amines) is 1. The van der Waals surface area contributed by atoms with Crippen molar-refractivity contribution in [1.82, 2.24) is 15.0 Å². The van der Waals surface area contributed by atoms with E-state index < -0.39 is 0 Å². The maximum atomic E-state index is 13.2. The fourth-order valence-corrected chi connectivity index (χ4v) is 5.06. The molecular formula is C27H29ClN4O3. The summed E-state index contributed by atoms with van der Waals surface area (Å²) >= 11 is 5.95. The van der Waals surface area contributed by atoms with Crippen molar-refractivity contribution in [3.05, 3.63) is 64.5 Å². The monoisotopic (exact) mass is 492 g/mol. The minimum Gasteiger partial charge on any atom is -0.342 e. The zero-order valence-corrected chi connectivity index (χ0v) is 20.8. The molecule has 3 heterocycles. The number of carbonyl (C=O) groups excluding carboxylic acids is 2. The van der Waals surface area contributed by atoms with Crippen molar-refractivity contribution in [2.75, 3.05) is 24.5 Å². The van der Waals surface area contributed by atoms with Crippen LogP contribution in [0.1, 0.15) is 36.3 Å². The summed E-state index contributed by atoms with van der Waals surface area (Å²) in [5.41, 5.74) is 4.08. The zero-order chi connectivity index (χ0) is 24.5. The van der Waals surface area contributed by atoms with Gasteiger partial charge in [-0.1, -0.05) is 22.8 Å². The second-order valence-corrected chi connectivity index (χ2v) is 10.1. The molecule has 2 aliphatic heterocycles. The summed E-state index contributed by atoms with van der Waals surface area (Å²) in [6.07, 6.45) is 2.74. The Morgan fingerprint density at radius 3 is 2.54 bits per heavy atom. The highest BCUT2D eigenvalue weighted by molar-refractivity contribution is 6.30. The molecule has 0 aliphatic carbocycles. The summed E-state index contributed by atoms with van der Waals surface area (Å²) in [5, 5.41) is 4.76. The van der Waals surface area contributed by atoms with E-state index >= 15 is 0 Å². The van der Waals surface area contributed by atoms with Gasteiger partial charge < -0.3 is 14.3 Å². The van der Waals surface area contributed by atoms with E-state index in [0.29, 0.717) is 48.7 Å². The van der Waals surface area contributed by atoms with Crippen LogP contribution in [0.3, 0.4) is 0 Å². The third-order valence-corrected chi connectivity index (χ3v) is 7.49. The molecule has 2 aromatic carbocycles. The lowest BCUT2D eigenvalue weighted by atomic mass is 9.92. The molecule has 0 spiro atoms. The van der Waals surface area contributed by atoms with Gasteiger partial charge in [0.1, 0.15) is 0 Å². The van der Waals surface area contributed by atoms with E-state index in [1.165, 1.54) is 5.56 Å². The number of piperidine rings is 1. The molecule has 2 amide bonds. The molecule has 7 nitrogen and oxygen atoms in total. The molecule has 1 atom stereocenters. The summed E-state index contributed by atoms with van der Waals surface area (Å²) in [7, 11) is 0. The highest BCUT2D eigenvalue weighted by Crippen LogP contribution is 2.30. The second-order valence-electron chi connectivity index (χ2n) is 9.67. The number of hydrogen-bond donors (Lipinski definition) is 0. The van der Waals surface area contributed by atoms with Gasteiger partial charge in [-0.15, -0.1) is 0 Å². The number of anilines is 1. The molecule has 0 bridgehead atoms. The van der Waals surface area contributed by atoms with Gasteiger partial charge in [-0.2, -0.15) is 4.98 Å². The highest BCUT2D eigenvalue weighted by atomic mass is 35.5. The molecule has 2 aliphatic rings. The molecule has 5 rings (SSSR count). The summed E-state index contributed by atoms with van der Waals surface area (Å²) in [6, 6.07) is 13.4. The minimum absolute atomic E-state index is 0.0226. The summed E-state index contributed by atoms with van der Waals surface area (Å²) < 4.78 is 5.47. The van der Waals surface area contributed by atoms with E-state index in [4.69, 9.17) is 16.1 Å². The number of benzene rings is 2. The number of rotatable bonds is 5. The largest absolute Gasteiger partial charge is 0.342 e. The number of hydrogen-bond acceptors (Lipinski definition) is 5. The van der Waals surface area contributed by atoms with Crippen molar-refractivity contribution in [2.24, 2.45) is 11.8 Å². The molecule has 1 unspecified atom stereocenters. The number of halogens is 1. The van der Waals surface area contributed by atoms with Crippen LogP contribution >= 0.6 is 11.6 Å². The van der Waals surface area contributed by atoms with E-state index in [1.807, 2.05) is 42.2 Å². The van der Waals surface area contributed by atoms with Crippen LogP contribution in [0.4, 0.5) is 5.69 Å². The molecule has 2 saturated heterocycles. The fraction of sp³-hybridized carbons (Fsp3) is 0.407. The Labute approximate surface area is 210 Å². The van der Waals surface area contributed by atoms with Crippen LogP contribution in [0.2, 0.25) is 5.02 Å². The first-order valence-electron chi connectivity index (χ1n) is 12.1.